The molecule has 1 fully saturated rings. The number of benzene rings is 2. The molecule has 1 atom stereocenters. The standard InChI is InChI=1S/C25H29N3O5S/c1-4-21(28-23(29)16-17(2)20-8-7-9-22(33-3)24(20)28)25(30)26-18-10-12-19(13-11-18)34(31,32)27-14-5-6-15-27/h7-13,16,21H,4-6,14-15H2,1-3H3,(H,26,30). The lowest BCUT2D eigenvalue weighted by Gasteiger charge is -2.22. The molecule has 2 aromatic carbocycles. The number of sulfonamides is 1. The van der Waals surface area contributed by atoms with Crippen molar-refractivity contribution < 1.29 is 17.9 Å². The van der Waals surface area contributed by atoms with Crippen LogP contribution in [0.15, 0.2) is 58.2 Å². The number of aromatic nitrogens is 1. The van der Waals surface area contributed by atoms with Crippen LogP contribution in [0, 0.1) is 6.92 Å². The molecule has 180 valence electrons. The molecule has 1 N–H and O–H groups in total. The van der Waals surface area contributed by atoms with E-state index in [0.29, 0.717) is 36.5 Å². The van der Waals surface area contributed by atoms with E-state index in [1.807, 2.05) is 26.0 Å². The summed E-state index contributed by atoms with van der Waals surface area (Å²) >= 11 is 0. The molecular weight excluding hydrogens is 454 g/mol. The summed E-state index contributed by atoms with van der Waals surface area (Å²) < 4.78 is 34.0. The predicted molar refractivity (Wildman–Crippen MR) is 132 cm³/mol. The lowest BCUT2D eigenvalue weighted by atomic mass is 10.1. The number of methoxy groups -OCH3 is 1. The highest BCUT2D eigenvalue weighted by Gasteiger charge is 2.27. The van der Waals surface area contributed by atoms with Crippen LogP contribution in [0.5, 0.6) is 5.75 Å². The Morgan fingerprint density at radius 1 is 1.12 bits per heavy atom. The lowest BCUT2D eigenvalue weighted by Crippen LogP contribution is -2.33. The van der Waals surface area contributed by atoms with Crippen molar-refractivity contribution in [1.82, 2.24) is 8.87 Å². The van der Waals surface area contributed by atoms with Crippen LogP contribution in [0.2, 0.25) is 0 Å². The van der Waals surface area contributed by atoms with Gasteiger partial charge in [-0.15, -0.1) is 0 Å². The number of hydrogen-bond donors (Lipinski definition) is 1. The molecule has 1 saturated heterocycles. The van der Waals surface area contributed by atoms with Crippen molar-refractivity contribution in [2.24, 2.45) is 0 Å². The van der Waals surface area contributed by atoms with Gasteiger partial charge >= 0.3 is 0 Å². The van der Waals surface area contributed by atoms with Crippen molar-refractivity contribution in [3.05, 3.63) is 64.4 Å². The first-order chi connectivity index (χ1) is 16.3. The predicted octanol–water partition coefficient (Wildman–Crippen LogP) is 3.69. The highest BCUT2D eigenvalue weighted by molar-refractivity contribution is 7.89. The lowest BCUT2D eigenvalue weighted by molar-refractivity contribution is -0.119. The van der Waals surface area contributed by atoms with Gasteiger partial charge < -0.3 is 10.1 Å². The molecule has 3 aromatic rings. The molecule has 0 bridgehead atoms. The number of nitrogens with one attached hydrogen (secondary N) is 1. The maximum Gasteiger partial charge on any atom is 0.252 e. The van der Waals surface area contributed by atoms with Crippen LogP contribution in [0.25, 0.3) is 10.9 Å². The number of ether oxygens (including phenoxy) is 1. The summed E-state index contributed by atoms with van der Waals surface area (Å²) in [6, 6.07) is 12.4. The van der Waals surface area contributed by atoms with E-state index >= 15 is 0 Å². The third-order valence-corrected chi connectivity index (χ3v) is 8.20. The van der Waals surface area contributed by atoms with Crippen molar-refractivity contribution in [3.63, 3.8) is 0 Å². The molecule has 34 heavy (non-hydrogen) atoms. The minimum Gasteiger partial charge on any atom is -0.495 e. The molecule has 0 spiro atoms. The van der Waals surface area contributed by atoms with Crippen molar-refractivity contribution >= 4 is 32.5 Å². The summed E-state index contributed by atoms with van der Waals surface area (Å²) in [5.74, 6) is 0.150. The highest BCUT2D eigenvalue weighted by atomic mass is 32.2. The van der Waals surface area contributed by atoms with Crippen LogP contribution in [0.4, 0.5) is 5.69 Å². The average molecular weight is 484 g/mol. The number of aryl methyl sites for hydroxylation is 1. The normalized spacial score (nSPS) is 15.4. The Morgan fingerprint density at radius 2 is 1.79 bits per heavy atom. The molecule has 0 saturated carbocycles. The van der Waals surface area contributed by atoms with Gasteiger partial charge in [0.1, 0.15) is 11.8 Å². The van der Waals surface area contributed by atoms with Gasteiger partial charge in [0, 0.05) is 30.2 Å². The Bertz CT molecular complexity index is 1370. The fourth-order valence-electron chi connectivity index (χ4n) is 4.50. The van der Waals surface area contributed by atoms with Gasteiger partial charge in [0.15, 0.2) is 0 Å². The van der Waals surface area contributed by atoms with Crippen molar-refractivity contribution in [2.75, 3.05) is 25.5 Å². The summed E-state index contributed by atoms with van der Waals surface area (Å²) in [6.45, 7) is 4.75. The number of amides is 1. The molecule has 4 rings (SSSR count). The zero-order chi connectivity index (χ0) is 24.5. The van der Waals surface area contributed by atoms with Gasteiger partial charge in [-0.3, -0.25) is 14.2 Å². The Morgan fingerprint density at radius 3 is 2.41 bits per heavy atom. The third-order valence-electron chi connectivity index (χ3n) is 6.29. The first-order valence-electron chi connectivity index (χ1n) is 11.4. The van der Waals surface area contributed by atoms with E-state index in [4.69, 9.17) is 4.74 Å². The molecule has 0 aliphatic carbocycles. The monoisotopic (exact) mass is 483 g/mol. The quantitative estimate of drug-likeness (QED) is 0.553. The highest BCUT2D eigenvalue weighted by Crippen LogP contribution is 2.30. The Kier molecular flexibility index (Phi) is 6.77. The Labute approximate surface area is 199 Å². The second-order valence-corrected chi connectivity index (χ2v) is 10.4. The zero-order valence-electron chi connectivity index (χ0n) is 19.6. The van der Waals surface area contributed by atoms with Crippen molar-refractivity contribution in [3.8, 4) is 5.75 Å². The van der Waals surface area contributed by atoms with Gasteiger partial charge in [0.2, 0.25) is 15.9 Å². The fourth-order valence-corrected chi connectivity index (χ4v) is 6.02. The van der Waals surface area contributed by atoms with Gasteiger partial charge in [-0.1, -0.05) is 19.1 Å². The van der Waals surface area contributed by atoms with Gasteiger partial charge in [-0.25, -0.2) is 8.42 Å². The molecule has 2 heterocycles. The van der Waals surface area contributed by atoms with Crippen LogP contribution in [-0.2, 0) is 14.8 Å². The molecule has 9 heteroatoms. The van der Waals surface area contributed by atoms with Crippen LogP contribution in [-0.4, -0.2) is 43.4 Å². The van der Waals surface area contributed by atoms with Crippen LogP contribution in [0.1, 0.15) is 37.8 Å². The maximum atomic E-state index is 13.3. The molecule has 1 aliphatic rings. The van der Waals surface area contributed by atoms with Crippen LogP contribution < -0.4 is 15.6 Å². The third kappa shape index (κ3) is 4.33. The number of hydrogen-bond acceptors (Lipinski definition) is 5. The number of nitrogens with zero attached hydrogens (tertiary/aromatic N) is 2. The number of fused-ring (bicyclic) bond motifs is 1. The van der Waals surface area contributed by atoms with E-state index in [1.54, 1.807) is 18.2 Å². The molecule has 0 radical (unpaired) electrons. The molecular formula is C25H29N3O5S. The van der Waals surface area contributed by atoms with Crippen molar-refractivity contribution in [1.29, 1.82) is 0 Å². The van der Waals surface area contributed by atoms with E-state index < -0.39 is 16.1 Å². The van der Waals surface area contributed by atoms with Crippen LogP contribution >= 0.6 is 0 Å². The minimum atomic E-state index is -3.53. The molecule has 1 amide bonds. The second-order valence-electron chi connectivity index (χ2n) is 8.44. The number of carbonyl (C=O) groups excluding carboxylic acids is 1. The van der Waals surface area contributed by atoms with E-state index in [0.717, 1.165) is 23.8 Å². The second kappa shape index (κ2) is 9.60. The summed E-state index contributed by atoms with van der Waals surface area (Å²) in [6.07, 6.45) is 2.11. The minimum absolute atomic E-state index is 0.199. The van der Waals surface area contributed by atoms with Gasteiger partial charge in [-0.05, 0) is 62.1 Å². The molecule has 1 unspecified atom stereocenters. The van der Waals surface area contributed by atoms with E-state index in [2.05, 4.69) is 5.32 Å². The van der Waals surface area contributed by atoms with E-state index in [1.165, 1.54) is 34.2 Å². The van der Waals surface area contributed by atoms with E-state index in [9.17, 15) is 18.0 Å². The zero-order valence-corrected chi connectivity index (χ0v) is 20.4. The smallest absolute Gasteiger partial charge is 0.252 e. The van der Waals surface area contributed by atoms with Crippen molar-refractivity contribution in [2.45, 2.75) is 44.0 Å². The summed E-state index contributed by atoms with van der Waals surface area (Å²) in [5.41, 5.74) is 1.55. The largest absolute Gasteiger partial charge is 0.495 e. The topological polar surface area (TPSA) is 97.7 Å². The SMILES string of the molecule is CCC(C(=O)Nc1ccc(S(=O)(=O)N2CCCC2)cc1)n1c(=O)cc(C)c2cccc(OC)c21. The average Bonchev–Trinajstić information content (AvgIpc) is 3.37. The number of carbonyl (C=O) groups is 1. The fraction of sp³-hybridized carbons (Fsp3) is 0.360. The number of para-hydroxylation sites is 1. The summed E-state index contributed by atoms with van der Waals surface area (Å²) in [7, 11) is -2.00. The molecule has 8 nitrogen and oxygen atoms in total. The first kappa shape index (κ1) is 24.0. The number of pyridine rings is 1. The van der Waals surface area contributed by atoms with Gasteiger partial charge in [0.25, 0.3) is 5.56 Å². The number of anilines is 1. The van der Waals surface area contributed by atoms with Crippen LogP contribution in [0.3, 0.4) is 0 Å². The summed E-state index contributed by atoms with van der Waals surface area (Å²) in [4.78, 5) is 26.5. The first-order valence-corrected chi connectivity index (χ1v) is 12.8. The number of rotatable bonds is 7. The van der Waals surface area contributed by atoms with Gasteiger partial charge in [-0.2, -0.15) is 4.31 Å². The Balaban J connectivity index is 1.65. The van der Waals surface area contributed by atoms with E-state index in [-0.39, 0.29) is 16.4 Å². The van der Waals surface area contributed by atoms with Gasteiger partial charge in [0.05, 0.1) is 17.5 Å². The summed E-state index contributed by atoms with van der Waals surface area (Å²) in [5, 5.41) is 3.67. The maximum absolute atomic E-state index is 13.3. The molecule has 1 aliphatic heterocycles. The Hall–Kier alpha value is -3.17. The molecule has 1 aromatic heterocycles.